The van der Waals surface area contributed by atoms with E-state index in [2.05, 4.69) is 28.1 Å². The van der Waals surface area contributed by atoms with Crippen molar-refractivity contribution in [1.82, 2.24) is 0 Å². The van der Waals surface area contributed by atoms with Gasteiger partial charge in [0.25, 0.3) is 0 Å². The first-order valence-corrected chi connectivity index (χ1v) is 7.77. The van der Waals surface area contributed by atoms with Gasteiger partial charge in [-0.15, -0.1) is 11.8 Å². The van der Waals surface area contributed by atoms with Gasteiger partial charge < -0.3 is 10.5 Å². The third kappa shape index (κ3) is 3.77. The molecule has 3 nitrogen and oxygen atoms in total. The first-order chi connectivity index (χ1) is 9.60. The molecule has 0 spiro atoms. The fourth-order valence-electron chi connectivity index (χ4n) is 1.75. The topological polar surface area (TPSA) is 59.1 Å². The summed E-state index contributed by atoms with van der Waals surface area (Å²) >= 11 is 5.18. The van der Waals surface area contributed by atoms with Crippen molar-refractivity contribution in [3.8, 4) is 5.75 Å². The van der Waals surface area contributed by atoms with Crippen LogP contribution >= 0.6 is 27.7 Å². The summed E-state index contributed by atoms with van der Waals surface area (Å²) in [6, 6.07) is 14.0. The number of nitrogens with one attached hydrogen (secondary N) is 1. The number of ether oxygens (including phenoxy) is 1. The Morgan fingerprint density at radius 2 is 1.95 bits per heavy atom. The van der Waals surface area contributed by atoms with Crippen molar-refractivity contribution in [3.63, 3.8) is 0 Å². The highest BCUT2D eigenvalue weighted by atomic mass is 79.9. The monoisotopic (exact) mass is 350 g/mol. The number of amidine groups is 1. The van der Waals surface area contributed by atoms with E-state index in [1.807, 2.05) is 30.3 Å². The minimum Gasteiger partial charge on any atom is -0.496 e. The summed E-state index contributed by atoms with van der Waals surface area (Å²) < 4.78 is 6.36. The molecule has 2 aromatic carbocycles. The van der Waals surface area contributed by atoms with E-state index in [1.54, 1.807) is 18.9 Å². The van der Waals surface area contributed by atoms with Crippen molar-refractivity contribution < 1.29 is 4.74 Å². The van der Waals surface area contributed by atoms with Crippen molar-refractivity contribution in [3.05, 3.63) is 58.1 Å². The summed E-state index contributed by atoms with van der Waals surface area (Å²) in [4.78, 5) is 1.21. The normalized spacial score (nSPS) is 10.3. The van der Waals surface area contributed by atoms with Gasteiger partial charge in [-0.25, -0.2) is 0 Å². The molecule has 2 rings (SSSR count). The predicted molar refractivity (Wildman–Crippen MR) is 87.7 cm³/mol. The standard InChI is InChI=1S/C15H15BrN2OS/c1-19-14-8-10(2-7-13(14)15(17)18)9-20-12-5-3-11(16)4-6-12/h2-8H,9H2,1H3,(H3,17,18). The van der Waals surface area contributed by atoms with Crippen LogP contribution in [0.3, 0.4) is 0 Å². The Bertz CT molecular complexity index is 614. The maximum Gasteiger partial charge on any atom is 0.130 e. The lowest BCUT2D eigenvalue weighted by Gasteiger charge is -2.09. The average Bonchev–Trinajstić information content (AvgIpc) is 2.46. The van der Waals surface area contributed by atoms with Crippen molar-refractivity contribution >= 4 is 33.5 Å². The van der Waals surface area contributed by atoms with Gasteiger partial charge in [0.2, 0.25) is 0 Å². The summed E-state index contributed by atoms with van der Waals surface area (Å²) in [5, 5.41) is 7.49. The number of thioether (sulfide) groups is 1. The highest BCUT2D eigenvalue weighted by Crippen LogP contribution is 2.27. The van der Waals surface area contributed by atoms with Crippen LogP contribution in [0.25, 0.3) is 0 Å². The lowest BCUT2D eigenvalue weighted by molar-refractivity contribution is 0.413. The molecule has 0 heterocycles. The van der Waals surface area contributed by atoms with Crippen LogP contribution in [0.4, 0.5) is 0 Å². The van der Waals surface area contributed by atoms with Gasteiger partial charge in [-0.1, -0.05) is 22.0 Å². The van der Waals surface area contributed by atoms with E-state index in [4.69, 9.17) is 15.9 Å². The van der Waals surface area contributed by atoms with Crippen molar-refractivity contribution in [2.75, 3.05) is 7.11 Å². The Hall–Kier alpha value is -1.46. The van der Waals surface area contributed by atoms with Crippen LogP contribution < -0.4 is 10.5 Å². The van der Waals surface area contributed by atoms with Gasteiger partial charge in [0.1, 0.15) is 11.6 Å². The van der Waals surface area contributed by atoms with Gasteiger partial charge in [0.15, 0.2) is 0 Å². The van der Waals surface area contributed by atoms with E-state index in [0.29, 0.717) is 11.3 Å². The largest absolute Gasteiger partial charge is 0.496 e. The molecule has 0 amide bonds. The summed E-state index contributed by atoms with van der Waals surface area (Å²) in [6.45, 7) is 0. The van der Waals surface area contributed by atoms with Gasteiger partial charge in [-0.3, -0.25) is 5.41 Å². The Balaban J connectivity index is 2.10. The number of nitrogen functional groups attached to an aromatic ring is 1. The molecule has 104 valence electrons. The lowest BCUT2D eigenvalue weighted by atomic mass is 10.1. The molecular weight excluding hydrogens is 336 g/mol. The van der Waals surface area contributed by atoms with Crippen LogP contribution in [-0.2, 0) is 5.75 Å². The van der Waals surface area contributed by atoms with E-state index in [0.717, 1.165) is 15.8 Å². The molecule has 0 aliphatic rings. The van der Waals surface area contributed by atoms with Crippen molar-refractivity contribution in [1.29, 1.82) is 5.41 Å². The van der Waals surface area contributed by atoms with Crippen LogP contribution in [0, 0.1) is 5.41 Å². The molecule has 0 atom stereocenters. The quantitative estimate of drug-likeness (QED) is 0.486. The highest BCUT2D eigenvalue weighted by Gasteiger charge is 2.07. The molecule has 3 N–H and O–H groups in total. The van der Waals surface area contributed by atoms with Crippen LogP contribution in [-0.4, -0.2) is 12.9 Å². The Morgan fingerprint density at radius 3 is 2.55 bits per heavy atom. The molecule has 0 saturated carbocycles. The van der Waals surface area contributed by atoms with E-state index in [1.165, 1.54) is 4.90 Å². The average molecular weight is 351 g/mol. The smallest absolute Gasteiger partial charge is 0.130 e. The second-order valence-electron chi connectivity index (χ2n) is 4.19. The SMILES string of the molecule is COc1cc(CSc2ccc(Br)cc2)ccc1C(=N)N. The van der Waals surface area contributed by atoms with E-state index in [-0.39, 0.29) is 5.84 Å². The summed E-state index contributed by atoms with van der Waals surface area (Å²) in [5.74, 6) is 1.51. The minimum absolute atomic E-state index is 0.0222. The summed E-state index contributed by atoms with van der Waals surface area (Å²) in [5.41, 5.74) is 7.28. The zero-order chi connectivity index (χ0) is 14.5. The zero-order valence-corrected chi connectivity index (χ0v) is 13.4. The van der Waals surface area contributed by atoms with Crippen LogP contribution in [0.15, 0.2) is 51.8 Å². The highest BCUT2D eigenvalue weighted by molar-refractivity contribution is 9.10. The third-order valence-corrected chi connectivity index (χ3v) is 4.39. The molecule has 0 unspecified atom stereocenters. The molecular formula is C15H15BrN2OS. The van der Waals surface area contributed by atoms with Crippen molar-refractivity contribution in [2.45, 2.75) is 10.6 Å². The van der Waals surface area contributed by atoms with E-state index >= 15 is 0 Å². The predicted octanol–water partition coefficient (Wildman–Crippen LogP) is 4.03. The van der Waals surface area contributed by atoms with Crippen LogP contribution in [0.2, 0.25) is 0 Å². The molecule has 2 aromatic rings. The first kappa shape index (κ1) is 14.9. The van der Waals surface area contributed by atoms with Gasteiger partial charge in [-0.05, 0) is 42.0 Å². The number of hydrogen-bond acceptors (Lipinski definition) is 3. The Morgan fingerprint density at radius 1 is 1.25 bits per heavy atom. The number of nitrogens with two attached hydrogens (primary N) is 1. The molecule has 0 saturated heterocycles. The number of benzene rings is 2. The van der Waals surface area contributed by atoms with Gasteiger partial charge >= 0.3 is 0 Å². The molecule has 0 aliphatic heterocycles. The molecule has 0 fully saturated rings. The summed E-state index contributed by atoms with van der Waals surface area (Å²) in [7, 11) is 1.59. The summed E-state index contributed by atoms with van der Waals surface area (Å²) in [6.07, 6.45) is 0. The number of hydrogen-bond donors (Lipinski definition) is 2. The van der Waals surface area contributed by atoms with Gasteiger partial charge in [0, 0.05) is 15.1 Å². The number of rotatable bonds is 5. The molecule has 0 aliphatic carbocycles. The second-order valence-corrected chi connectivity index (χ2v) is 6.16. The first-order valence-electron chi connectivity index (χ1n) is 6.00. The fraction of sp³-hybridized carbons (Fsp3) is 0.133. The lowest BCUT2D eigenvalue weighted by Crippen LogP contribution is -2.12. The zero-order valence-electron chi connectivity index (χ0n) is 11.0. The Labute approximate surface area is 131 Å². The molecule has 5 heteroatoms. The molecule has 0 aromatic heterocycles. The minimum atomic E-state index is 0.0222. The maximum atomic E-state index is 7.49. The molecule has 0 radical (unpaired) electrons. The maximum absolute atomic E-state index is 7.49. The van der Waals surface area contributed by atoms with Crippen LogP contribution in [0.5, 0.6) is 5.75 Å². The van der Waals surface area contributed by atoms with Crippen molar-refractivity contribution in [2.24, 2.45) is 5.73 Å². The second kappa shape index (κ2) is 6.81. The van der Waals surface area contributed by atoms with Crippen LogP contribution in [0.1, 0.15) is 11.1 Å². The molecule has 20 heavy (non-hydrogen) atoms. The van der Waals surface area contributed by atoms with Gasteiger partial charge in [-0.2, -0.15) is 0 Å². The Kier molecular flexibility index (Phi) is 5.09. The van der Waals surface area contributed by atoms with E-state index in [9.17, 15) is 0 Å². The third-order valence-electron chi connectivity index (χ3n) is 2.78. The molecule has 0 bridgehead atoms. The number of methoxy groups -OCH3 is 1. The fourth-order valence-corrected chi connectivity index (χ4v) is 2.85. The van der Waals surface area contributed by atoms with Gasteiger partial charge in [0.05, 0.1) is 12.7 Å². The number of halogens is 1. The van der Waals surface area contributed by atoms with E-state index < -0.39 is 0 Å².